The first kappa shape index (κ1) is 22.9. The summed E-state index contributed by atoms with van der Waals surface area (Å²) in [5.41, 5.74) is 3.38. The molecule has 3 amide bonds. The molecular formula is C36H19N3O3. The van der Waals surface area contributed by atoms with Crippen LogP contribution in [-0.4, -0.2) is 23.6 Å². The van der Waals surface area contributed by atoms with E-state index in [1.807, 2.05) is 84.9 Å². The van der Waals surface area contributed by atoms with Crippen molar-refractivity contribution in [2.75, 3.05) is 9.80 Å². The van der Waals surface area contributed by atoms with Gasteiger partial charge in [0.05, 0.1) is 11.4 Å². The zero-order chi connectivity index (χ0) is 28.3. The molecule has 2 heterocycles. The highest BCUT2D eigenvalue weighted by Gasteiger charge is 2.36. The van der Waals surface area contributed by atoms with Crippen LogP contribution < -0.4 is 9.80 Å². The monoisotopic (exact) mass is 541 g/mol. The molecule has 6 heteroatoms. The third kappa shape index (κ3) is 2.68. The number of amides is 3. The summed E-state index contributed by atoms with van der Waals surface area (Å²) in [5.74, 6) is -0.803. The Morgan fingerprint density at radius 1 is 0.381 bits per heavy atom. The van der Waals surface area contributed by atoms with E-state index in [1.54, 1.807) is 24.3 Å². The highest BCUT2D eigenvalue weighted by atomic mass is 16.2. The summed E-state index contributed by atoms with van der Waals surface area (Å²) < 4.78 is 0. The third-order valence-electron chi connectivity index (χ3n) is 8.71. The topological polar surface area (TPSA) is 81.5 Å². The summed E-state index contributed by atoms with van der Waals surface area (Å²) in [7, 11) is 0. The predicted molar refractivity (Wildman–Crippen MR) is 165 cm³/mol. The lowest BCUT2D eigenvalue weighted by Gasteiger charge is -2.31. The Labute approximate surface area is 238 Å². The van der Waals surface area contributed by atoms with Crippen molar-refractivity contribution in [3.8, 4) is 0 Å². The van der Waals surface area contributed by atoms with E-state index < -0.39 is 0 Å². The van der Waals surface area contributed by atoms with Crippen molar-refractivity contribution in [1.29, 1.82) is 5.41 Å². The van der Waals surface area contributed by atoms with Crippen LogP contribution in [0.15, 0.2) is 109 Å². The highest BCUT2D eigenvalue weighted by Crippen LogP contribution is 2.46. The lowest BCUT2D eigenvalue weighted by Crippen LogP contribution is -2.40. The number of hydrogen-bond acceptors (Lipinski definition) is 4. The number of carbonyl (C=O) groups is 3. The van der Waals surface area contributed by atoms with Crippen molar-refractivity contribution >= 4 is 78.0 Å². The number of carbonyl (C=O) groups excluding carboxylic acids is 3. The number of imide groups is 1. The van der Waals surface area contributed by atoms with Crippen LogP contribution in [-0.2, 0) is 0 Å². The Bertz CT molecular complexity index is 2090. The normalized spacial score (nSPS) is 14.8. The van der Waals surface area contributed by atoms with Crippen LogP contribution in [0.3, 0.4) is 0 Å². The average Bonchev–Trinajstić information content (AvgIpc) is 3.03. The number of fused-ring (bicyclic) bond motifs is 2. The minimum Gasteiger partial charge on any atom is -0.283 e. The van der Waals surface area contributed by atoms with Gasteiger partial charge in [-0.1, -0.05) is 60.7 Å². The maximum Gasteiger partial charge on any atom is 0.265 e. The molecule has 0 aliphatic carbocycles. The molecule has 0 fully saturated rings. The molecule has 0 aromatic heterocycles. The van der Waals surface area contributed by atoms with E-state index in [0.717, 1.165) is 37.7 Å². The van der Waals surface area contributed by atoms with Crippen LogP contribution in [0.1, 0.15) is 36.6 Å². The van der Waals surface area contributed by atoms with Gasteiger partial charge in [-0.05, 0) is 80.8 Å². The molecule has 7 aromatic carbocycles. The molecule has 9 rings (SSSR count). The molecule has 6 nitrogen and oxygen atoms in total. The highest BCUT2D eigenvalue weighted by molar-refractivity contribution is 6.45. The third-order valence-corrected chi connectivity index (χ3v) is 8.71. The zero-order valence-electron chi connectivity index (χ0n) is 22.0. The first-order valence-electron chi connectivity index (χ1n) is 13.7. The van der Waals surface area contributed by atoms with Crippen molar-refractivity contribution in [2.24, 2.45) is 0 Å². The standard InChI is InChI=1S/C36H19N3O3/c37-33-25-15-11-21-23-13-17-27-32-28(36(42)39(35(27)41)20-9-5-2-6-10-20)18-14-24(30(23)32)22-12-16-26(31(25)29(21)22)34(40)38(33)19-7-3-1-4-8-19/h1-18,37H. The fourth-order valence-electron chi connectivity index (χ4n) is 6.93. The van der Waals surface area contributed by atoms with Crippen molar-refractivity contribution in [3.63, 3.8) is 0 Å². The summed E-state index contributed by atoms with van der Waals surface area (Å²) in [6.07, 6.45) is 0. The second kappa shape index (κ2) is 7.86. The lowest BCUT2D eigenvalue weighted by atomic mass is 9.82. The number of nitrogens with one attached hydrogen (secondary N) is 1. The van der Waals surface area contributed by atoms with E-state index in [-0.39, 0.29) is 23.6 Å². The number of para-hydroxylation sites is 2. The Hall–Kier alpha value is -5.88. The van der Waals surface area contributed by atoms with Gasteiger partial charge in [0.1, 0.15) is 5.84 Å². The van der Waals surface area contributed by atoms with Crippen molar-refractivity contribution in [3.05, 3.63) is 131 Å². The molecule has 7 aromatic rings. The van der Waals surface area contributed by atoms with Crippen LogP contribution in [0.4, 0.5) is 11.4 Å². The van der Waals surface area contributed by atoms with Crippen LogP contribution in [0.25, 0.3) is 43.1 Å². The molecule has 2 aliphatic rings. The summed E-state index contributed by atoms with van der Waals surface area (Å²) >= 11 is 0. The molecule has 0 bridgehead atoms. The fourth-order valence-corrected chi connectivity index (χ4v) is 6.93. The van der Waals surface area contributed by atoms with Gasteiger partial charge in [-0.2, -0.15) is 0 Å². The first-order chi connectivity index (χ1) is 20.5. The quantitative estimate of drug-likeness (QED) is 0.140. The Kier molecular flexibility index (Phi) is 4.28. The maximum atomic E-state index is 13.8. The molecule has 0 radical (unpaired) electrons. The molecule has 0 atom stereocenters. The van der Waals surface area contributed by atoms with Crippen LogP contribution in [0.5, 0.6) is 0 Å². The summed E-state index contributed by atoms with van der Waals surface area (Å²) in [6, 6.07) is 33.4. The Morgan fingerprint density at radius 3 is 1.19 bits per heavy atom. The maximum absolute atomic E-state index is 13.8. The molecule has 42 heavy (non-hydrogen) atoms. The number of hydrogen-bond donors (Lipinski definition) is 1. The van der Waals surface area contributed by atoms with Gasteiger partial charge in [-0.3, -0.25) is 24.7 Å². The van der Waals surface area contributed by atoms with Crippen LogP contribution in [0.2, 0.25) is 0 Å². The van der Waals surface area contributed by atoms with Gasteiger partial charge in [0.15, 0.2) is 0 Å². The van der Waals surface area contributed by atoms with Crippen molar-refractivity contribution in [1.82, 2.24) is 0 Å². The van der Waals surface area contributed by atoms with Gasteiger partial charge in [0.2, 0.25) is 0 Å². The molecule has 196 valence electrons. The predicted octanol–water partition coefficient (Wildman–Crippen LogP) is 7.52. The number of benzene rings is 7. The molecule has 0 spiro atoms. The first-order valence-corrected chi connectivity index (χ1v) is 13.7. The minimum absolute atomic E-state index is 0.135. The number of anilines is 2. The number of rotatable bonds is 2. The van der Waals surface area contributed by atoms with E-state index in [1.165, 1.54) is 9.80 Å². The fraction of sp³-hybridized carbons (Fsp3) is 0. The Balaban J connectivity index is 1.35. The van der Waals surface area contributed by atoms with E-state index in [4.69, 9.17) is 5.41 Å². The van der Waals surface area contributed by atoms with Crippen molar-refractivity contribution < 1.29 is 14.4 Å². The molecule has 0 saturated carbocycles. The summed E-state index contributed by atoms with van der Waals surface area (Å²) in [4.78, 5) is 44.1. The molecule has 2 aliphatic heterocycles. The van der Waals surface area contributed by atoms with Gasteiger partial charge in [-0.15, -0.1) is 0 Å². The van der Waals surface area contributed by atoms with Crippen molar-refractivity contribution in [2.45, 2.75) is 0 Å². The van der Waals surface area contributed by atoms with Gasteiger partial charge >= 0.3 is 0 Å². The minimum atomic E-state index is -0.349. The largest absolute Gasteiger partial charge is 0.283 e. The second-order valence-electron chi connectivity index (χ2n) is 10.7. The lowest BCUT2D eigenvalue weighted by molar-refractivity contribution is 0.0892. The zero-order valence-corrected chi connectivity index (χ0v) is 22.0. The molecule has 1 N–H and O–H groups in total. The smallest absolute Gasteiger partial charge is 0.265 e. The van der Waals surface area contributed by atoms with Crippen LogP contribution >= 0.6 is 0 Å². The molecule has 0 saturated heterocycles. The molecule has 0 unspecified atom stereocenters. The van der Waals surface area contributed by atoms with E-state index in [2.05, 4.69) is 0 Å². The van der Waals surface area contributed by atoms with Gasteiger partial charge in [0.25, 0.3) is 17.7 Å². The summed E-state index contributed by atoms with van der Waals surface area (Å²) in [5, 5.41) is 15.9. The SMILES string of the molecule is N=C1c2ccc3c4ccc5c6c(ccc(c7ccc(c2c37)C(=O)N1c1ccccc1)c64)C(=O)N(c1ccccc1)C5=O. The van der Waals surface area contributed by atoms with Gasteiger partial charge < -0.3 is 0 Å². The molecular weight excluding hydrogens is 522 g/mol. The van der Waals surface area contributed by atoms with Gasteiger partial charge in [0, 0.05) is 33.0 Å². The van der Waals surface area contributed by atoms with E-state index in [0.29, 0.717) is 39.0 Å². The average molecular weight is 542 g/mol. The van der Waals surface area contributed by atoms with E-state index >= 15 is 0 Å². The Morgan fingerprint density at radius 2 is 0.738 bits per heavy atom. The number of amidine groups is 1. The summed E-state index contributed by atoms with van der Waals surface area (Å²) in [6.45, 7) is 0. The van der Waals surface area contributed by atoms with E-state index in [9.17, 15) is 14.4 Å². The number of nitrogens with zero attached hydrogens (tertiary/aromatic N) is 2. The second-order valence-corrected chi connectivity index (χ2v) is 10.7. The van der Waals surface area contributed by atoms with Gasteiger partial charge in [-0.25, -0.2) is 4.90 Å². The van der Waals surface area contributed by atoms with Crippen LogP contribution in [0, 0.1) is 5.41 Å².